The first-order valence-electron chi connectivity index (χ1n) is 11.2. The van der Waals surface area contributed by atoms with Crippen LogP contribution in [0.25, 0.3) is 0 Å². The summed E-state index contributed by atoms with van der Waals surface area (Å²) < 4.78 is 13.8. The van der Waals surface area contributed by atoms with Gasteiger partial charge in [-0.3, -0.25) is 14.6 Å². The van der Waals surface area contributed by atoms with Crippen LogP contribution in [0.5, 0.6) is 0 Å². The minimum Gasteiger partial charge on any atom is -0.352 e. The zero-order valence-electron chi connectivity index (χ0n) is 18.0. The van der Waals surface area contributed by atoms with E-state index in [-0.39, 0.29) is 35.4 Å². The molecule has 1 aliphatic heterocycles. The van der Waals surface area contributed by atoms with Gasteiger partial charge in [0.2, 0.25) is 11.8 Å². The highest BCUT2D eigenvalue weighted by atomic mass is 19.1. The smallest absolute Gasteiger partial charge is 0.225 e. The number of benzene rings is 1. The molecule has 0 spiro atoms. The van der Waals surface area contributed by atoms with Gasteiger partial charge >= 0.3 is 0 Å². The fraction of sp³-hybridized carbons (Fsp3) is 0.480. The summed E-state index contributed by atoms with van der Waals surface area (Å²) in [5.41, 5.74) is 2.53. The number of carbonyl (C=O) groups excluding carboxylic acids is 2. The van der Waals surface area contributed by atoms with Gasteiger partial charge in [0.25, 0.3) is 0 Å². The third-order valence-corrected chi connectivity index (χ3v) is 6.68. The van der Waals surface area contributed by atoms with E-state index >= 15 is 0 Å². The molecule has 2 atom stereocenters. The van der Waals surface area contributed by atoms with Crippen LogP contribution >= 0.6 is 0 Å². The topological polar surface area (TPSA) is 62.3 Å². The molecular formula is C25H30FN3O2. The van der Waals surface area contributed by atoms with E-state index in [0.29, 0.717) is 31.6 Å². The summed E-state index contributed by atoms with van der Waals surface area (Å²) >= 11 is 0. The number of hydrogen-bond donors (Lipinski definition) is 1. The maximum Gasteiger partial charge on any atom is 0.225 e. The molecule has 31 heavy (non-hydrogen) atoms. The average Bonchev–Trinajstić information content (AvgIpc) is 3.34. The molecule has 1 aromatic heterocycles. The van der Waals surface area contributed by atoms with E-state index in [9.17, 15) is 14.0 Å². The number of nitrogens with zero attached hydrogens (tertiary/aromatic N) is 2. The predicted molar refractivity (Wildman–Crippen MR) is 117 cm³/mol. The largest absolute Gasteiger partial charge is 0.352 e. The van der Waals surface area contributed by atoms with Gasteiger partial charge in [-0.1, -0.05) is 31.0 Å². The number of hydrogen-bond acceptors (Lipinski definition) is 3. The summed E-state index contributed by atoms with van der Waals surface area (Å²) in [6.07, 6.45) is 8.16. The van der Waals surface area contributed by atoms with Gasteiger partial charge in [-0.2, -0.15) is 0 Å². The fourth-order valence-corrected chi connectivity index (χ4v) is 4.90. The summed E-state index contributed by atoms with van der Waals surface area (Å²) in [7, 11) is 0. The molecule has 164 valence electrons. The van der Waals surface area contributed by atoms with Crippen molar-refractivity contribution in [2.45, 2.75) is 51.5 Å². The van der Waals surface area contributed by atoms with Crippen LogP contribution in [0.4, 0.5) is 4.39 Å². The SMILES string of the molecule is Cc1cc(C2CC(C(=O)NCc3cccnc3)CN(C(=O)C3CCCC3)C2)ccc1F. The van der Waals surface area contributed by atoms with Gasteiger partial charge in [-0.25, -0.2) is 4.39 Å². The van der Waals surface area contributed by atoms with E-state index < -0.39 is 0 Å². The Balaban J connectivity index is 1.51. The van der Waals surface area contributed by atoms with Crippen molar-refractivity contribution < 1.29 is 14.0 Å². The van der Waals surface area contributed by atoms with Crippen molar-refractivity contribution in [2.24, 2.45) is 11.8 Å². The second kappa shape index (κ2) is 9.58. The first kappa shape index (κ1) is 21.5. The second-order valence-electron chi connectivity index (χ2n) is 8.94. The number of aryl methyl sites for hydroxylation is 1. The second-order valence-corrected chi connectivity index (χ2v) is 8.94. The summed E-state index contributed by atoms with van der Waals surface area (Å²) in [5, 5.41) is 3.01. The van der Waals surface area contributed by atoms with Crippen LogP contribution in [-0.2, 0) is 16.1 Å². The third-order valence-electron chi connectivity index (χ3n) is 6.68. The molecule has 0 radical (unpaired) electrons. The third kappa shape index (κ3) is 5.12. The standard InChI is InChI=1S/C25H30FN3O2/c1-17-11-20(8-9-23(17)26)21-12-22(24(30)28-14-18-5-4-10-27-13-18)16-29(15-21)25(31)19-6-2-3-7-19/h4-5,8-11,13,19,21-22H,2-3,6-7,12,14-16H2,1H3,(H,28,30). The van der Waals surface area contributed by atoms with Gasteiger partial charge in [0.15, 0.2) is 0 Å². The van der Waals surface area contributed by atoms with Crippen LogP contribution in [0.1, 0.15) is 54.7 Å². The van der Waals surface area contributed by atoms with Gasteiger partial charge in [0, 0.05) is 43.9 Å². The van der Waals surface area contributed by atoms with Crippen molar-refractivity contribution in [3.8, 4) is 0 Å². The summed E-state index contributed by atoms with van der Waals surface area (Å²) in [6.45, 7) is 3.21. The molecule has 0 bridgehead atoms. The van der Waals surface area contributed by atoms with Crippen LogP contribution in [0.3, 0.4) is 0 Å². The number of rotatable bonds is 5. The lowest BCUT2D eigenvalue weighted by Gasteiger charge is -2.38. The Morgan fingerprint density at radius 2 is 1.97 bits per heavy atom. The lowest BCUT2D eigenvalue weighted by atomic mass is 9.83. The molecule has 2 aromatic rings. The van der Waals surface area contributed by atoms with Crippen LogP contribution in [-0.4, -0.2) is 34.8 Å². The molecule has 2 heterocycles. The summed E-state index contributed by atoms with van der Waals surface area (Å²) in [5.74, 6) is -0.293. The van der Waals surface area contributed by atoms with Crippen LogP contribution < -0.4 is 5.32 Å². The highest BCUT2D eigenvalue weighted by Crippen LogP contribution is 2.34. The molecule has 1 aliphatic carbocycles. The number of carbonyl (C=O) groups is 2. The van der Waals surface area contributed by atoms with E-state index in [1.165, 1.54) is 6.07 Å². The van der Waals surface area contributed by atoms with Crippen molar-refractivity contribution in [1.82, 2.24) is 15.2 Å². The number of pyridine rings is 1. The summed E-state index contributed by atoms with van der Waals surface area (Å²) in [6, 6.07) is 8.90. The minimum atomic E-state index is -0.286. The van der Waals surface area contributed by atoms with Crippen LogP contribution in [0.15, 0.2) is 42.7 Å². The zero-order chi connectivity index (χ0) is 21.8. The minimum absolute atomic E-state index is 0.0209. The van der Waals surface area contributed by atoms with Crippen LogP contribution in [0, 0.1) is 24.6 Å². The van der Waals surface area contributed by atoms with Crippen molar-refractivity contribution in [3.05, 3.63) is 65.2 Å². The van der Waals surface area contributed by atoms with E-state index in [1.807, 2.05) is 23.1 Å². The van der Waals surface area contributed by atoms with Gasteiger partial charge in [0.1, 0.15) is 5.82 Å². The highest BCUT2D eigenvalue weighted by Gasteiger charge is 2.37. The maximum absolute atomic E-state index is 13.8. The Kier molecular flexibility index (Phi) is 6.64. The molecule has 2 fully saturated rings. The van der Waals surface area contributed by atoms with Crippen molar-refractivity contribution in [1.29, 1.82) is 0 Å². The Bertz CT molecular complexity index is 928. The lowest BCUT2D eigenvalue weighted by Crippen LogP contribution is -2.49. The zero-order valence-corrected chi connectivity index (χ0v) is 18.0. The Morgan fingerprint density at radius 1 is 1.16 bits per heavy atom. The van der Waals surface area contributed by atoms with E-state index in [2.05, 4.69) is 10.3 Å². The van der Waals surface area contributed by atoms with Crippen molar-refractivity contribution in [2.75, 3.05) is 13.1 Å². The molecule has 2 amide bonds. The molecule has 2 aliphatic rings. The Morgan fingerprint density at radius 3 is 2.68 bits per heavy atom. The molecule has 6 heteroatoms. The molecule has 2 unspecified atom stereocenters. The lowest BCUT2D eigenvalue weighted by molar-refractivity contribution is -0.139. The van der Waals surface area contributed by atoms with Crippen molar-refractivity contribution in [3.63, 3.8) is 0 Å². The van der Waals surface area contributed by atoms with Crippen LogP contribution in [0.2, 0.25) is 0 Å². The summed E-state index contributed by atoms with van der Waals surface area (Å²) in [4.78, 5) is 32.2. The van der Waals surface area contributed by atoms with Gasteiger partial charge in [-0.15, -0.1) is 0 Å². The average molecular weight is 424 g/mol. The molecule has 1 aromatic carbocycles. The highest BCUT2D eigenvalue weighted by molar-refractivity contribution is 5.82. The first-order valence-corrected chi connectivity index (χ1v) is 11.2. The molecular weight excluding hydrogens is 393 g/mol. The molecule has 5 nitrogen and oxygen atoms in total. The van der Waals surface area contributed by atoms with Gasteiger partial charge in [0.05, 0.1) is 5.92 Å². The fourth-order valence-electron chi connectivity index (χ4n) is 4.90. The number of likely N-dealkylation sites (tertiary alicyclic amines) is 1. The van der Waals surface area contributed by atoms with Gasteiger partial charge in [-0.05, 0) is 55.0 Å². The van der Waals surface area contributed by atoms with E-state index in [0.717, 1.165) is 36.8 Å². The Hall–Kier alpha value is -2.76. The Labute approximate surface area is 183 Å². The molecule has 4 rings (SSSR count). The molecule has 1 saturated heterocycles. The number of amides is 2. The molecule has 1 saturated carbocycles. The number of halogens is 1. The number of aromatic nitrogens is 1. The van der Waals surface area contributed by atoms with Gasteiger partial charge < -0.3 is 10.2 Å². The van der Waals surface area contributed by atoms with E-state index in [4.69, 9.17) is 0 Å². The number of piperidine rings is 1. The first-order chi connectivity index (χ1) is 15.0. The maximum atomic E-state index is 13.8. The quantitative estimate of drug-likeness (QED) is 0.792. The van der Waals surface area contributed by atoms with E-state index in [1.54, 1.807) is 25.4 Å². The van der Waals surface area contributed by atoms with Crippen molar-refractivity contribution >= 4 is 11.8 Å². The normalized spacial score (nSPS) is 21.8. The molecule has 1 N–H and O–H groups in total. The number of nitrogens with one attached hydrogen (secondary N) is 1. The monoisotopic (exact) mass is 423 g/mol. The predicted octanol–water partition coefficient (Wildman–Crippen LogP) is 3.97.